The molecule has 16 heavy (non-hydrogen) atoms. The lowest BCUT2D eigenvalue weighted by Gasteiger charge is -2.06. The van der Waals surface area contributed by atoms with Crippen LogP contribution in [0.2, 0.25) is 0 Å². The highest BCUT2D eigenvalue weighted by atomic mass is 32.2. The molecule has 4 heteroatoms. The van der Waals surface area contributed by atoms with Crippen LogP contribution in [-0.2, 0) is 0 Å². The van der Waals surface area contributed by atoms with Gasteiger partial charge in [0.2, 0.25) is 0 Å². The van der Waals surface area contributed by atoms with E-state index in [1.54, 1.807) is 11.8 Å². The van der Waals surface area contributed by atoms with Crippen LogP contribution >= 0.6 is 11.8 Å². The fourth-order valence-electron chi connectivity index (χ4n) is 1.28. The highest BCUT2D eigenvalue weighted by molar-refractivity contribution is 7.99. The number of aromatic nitrogens is 2. The van der Waals surface area contributed by atoms with E-state index in [-0.39, 0.29) is 0 Å². The number of aryl methyl sites for hydroxylation is 2. The van der Waals surface area contributed by atoms with E-state index in [9.17, 15) is 0 Å². The zero-order valence-corrected chi connectivity index (χ0v) is 11.0. The number of likely N-dealkylation sites (N-methyl/N-ethyl adjacent to an activating group) is 1. The Labute approximate surface area is 102 Å². The Kier molecular flexibility index (Phi) is 5.49. The van der Waals surface area contributed by atoms with Crippen LogP contribution < -0.4 is 5.32 Å². The molecule has 0 bridgehead atoms. The van der Waals surface area contributed by atoms with Gasteiger partial charge in [-0.15, -0.1) is 0 Å². The highest BCUT2D eigenvalue weighted by Crippen LogP contribution is 2.16. The fraction of sp³-hybridized carbons (Fsp3) is 0.500. The van der Waals surface area contributed by atoms with Gasteiger partial charge in [0.05, 0.1) is 0 Å². The summed E-state index contributed by atoms with van der Waals surface area (Å²) in [6, 6.07) is 1.98. The molecule has 0 fully saturated rings. The Morgan fingerprint density at radius 2 is 2.00 bits per heavy atom. The number of hydrogen-bond acceptors (Lipinski definition) is 4. The summed E-state index contributed by atoms with van der Waals surface area (Å²) >= 11 is 1.65. The molecule has 0 saturated heterocycles. The zero-order valence-electron chi connectivity index (χ0n) is 10.2. The molecule has 0 aliphatic rings. The van der Waals surface area contributed by atoms with Gasteiger partial charge in [-0.05, 0) is 26.5 Å². The van der Waals surface area contributed by atoms with Gasteiger partial charge in [-0.2, -0.15) is 0 Å². The van der Waals surface area contributed by atoms with Gasteiger partial charge < -0.3 is 5.32 Å². The maximum absolute atomic E-state index is 4.38. The van der Waals surface area contributed by atoms with E-state index >= 15 is 0 Å². The molecule has 0 aromatic carbocycles. The number of thioether (sulfide) groups is 1. The van der Waals surface area contributed by atoms with Gasteiger partial charge in [0.1, 0.15) is 0 Å². The molecule has 1 aromatic rings. The largest absolute Gasteiger partial charge is 0.313 e. The van der Waals surface area contributed by atoms with Crippen molar-refractivity contribution < 1.29 is 0 Å². The van der Waals surface area contributed by atoms with Gasteiger partial charge in [0.15, 0.2) is 5.16 Å². The average molecular weight is 237 g/mol. The lowest BCUT2D eigenvalue weighted by atomic mass is 10.3. The molecule has 0 atom stereocenters. The maximum atomic E-state index is 4.38. The second kappa shape index (κ2) is 6.66. The van der Waals surface area contributed by atoms with Crippen LogP contribution in [-0.4, -0.2) is 28.8 Å². The van der Waals surface area contributed by atoms with Crippen molar-refractivity contribution >= 4 is 11.8 Å². The van der Waals surface area contributed by atoms with Gasteiger partial charge in [0.25, 0.3) is 0 Å². The fourth-order valence-corrected chi connectivity index (χ4v) is 2.13. The van der Waals surface area contributed by atoms with Crippen molar-refractivity contribution in [2.75, 3.05) is 18.8 Å². The number of hydrogen-bond donors (Lipinski definition) is 1. The van der Waals surface area contributed by atoms with Crippen molar-refractivity contribution in [1.82, 2.24) is 15.3 Å². The smallest absolute Gasteiger partial charge is 0.188 e. The molecule has 3 nitrogen and oxygen atoms in total. The third kappa shape index (κ3) is 4.77. The number of nitrogens with zero attached hydrogens (tertiary/aromatic N) is 2. The van der Waals surface area contributed by atoms with Crippen molar-refractivity contribution in [3.63, 3.8) is 0 Å². The summed E-state index contributed by atoms with van der Waals surface area (Å²) < 4.78 is 0. The normalized spacial score (nSPS) is 10.4. The first-order valence-electron chi connectivity index (χ1n) is 5.44. The molecule has 0 radical (unpaired) electrons. The Balaban J connectivity index is 2.45. The molecule has 1 rings (SSSR count). The summed E-state index contributed by atoms with van der Waals surface area (Å²) in [6.07, 6.45) is 0. The standard InChI is InChI=1S/C12H19N3S/c1-5-13-7-9(2)8-16-12-14-10(3)6-11(4)15-12/h6,13H,2,5,7-8H2,1,3-4H3. The van der Waals surface area contributed by atoms with Gasteiger partial charge in [-0.3, -0.25) is 0 Å². The maximum Gasteiger partial charge on any atom is 0.188 e. The van der Waals surface area contributed by atoms with E-state index in [0.29, 0.717) is 0 Å². The minimum atomic E-state index is 0.843. The molecule has 1 N–H and O–H groups in total. The van der Waals surface area contributed by atoms with E-state index in [1.165, 1.54) is 5.57 Å². The SMILES string of the molecule is C=C(CNCC)CSc1nc(C)cc(C)n1. The van der Waals surface area contributed by atoms with Crippen LogP contribution in [0.5, 0.6) is 0 Å². The van der Waals surface area contributed by atoms with Gasteiger partial charge in [-0.1, -0.05) is 30.8 Å². The monoisotopic (exact) mass is 237 g/mol. The summed E-state index contributed by atoms with van der Waals surface area (Å²) in [5, 5.41) is 4.10. The molecule has 1 heterocycles. The van der Waals surface area contributed by atoms with Crippen LogP contribution in [0.15, 0.2) is 23.4 Å². The van der Waals surface area contributed by atoms with Crippen LogP contribution in [0.25, 0.3) is 0 Å². The van der Waals surface area contributed by atoms with Crippen molar-refractivity contribution in [3.05, 3.63) is 29.6 Å². The van der Waals surface area contributed by atoms with Gasteiger partial charge in [-0.25, -0.2) is 9.97 Å². The van der Waals surface area contributed by atoms with E-state index in [2.05, 4.69) is 28.8 Å². The summed E-state index contributed by atoms with van der Waals surface area (Å²) in [7, 11) is 0. The summed E-state index contributed by atoms with van der Waals surface area (Å²) in [5.41, 5.74) is 3.22. The summed E-state index contributed by atoms with van der Waals surface area (Å²) in [4.78, 5) is 8.75. The zero-order chi connectivity index (χ0) is 12.0. The summed E-state index contributed by atoms with van der Waals surface area (Å²) in [5.74, 6) is 0.871. The first kappa shape index (κ1) is 13.2. The van der Waals surface area contributed by atoms with Crippen molar-refractivity contribution in [2.45, 2.75) is 25.9 Å². The van der Waals surface area contributed by atoms with Crippen LogP contribution in [0.1, 0.15) is 18.3 Å². The minimum absolute atomic E-state index is 0.843. The number of nitrogens with one attached hydrogen (secondary N) is 1. The number of rotatable bonds is 6. The first-order chi connectivity index (χ1) is 7.61. The van der Waals surface area contributed by atoms with E-state index in [4.69, 9.17) is 0 Å². The molecule has 0 amide bonds. The topological polar surface area (TPSA) is 37.8 Å². The van der Waals surface area contributed by atoms with Crippen LogP contribution in [0, 0.1) is 13.8 Å². The van der Waals surface area contributed by atoms with Crippen molar-refractivity contribution in [3.8, 4) is 0 Å². The quantitative estimate of drug-likeness (QED) is 0.468. The molecular weight excluding hydrogens is 218 g/mol. The Morgan fingerprint density at radius 3 is 2.56 bits per heavy atom. The Hall–Kier alpha value is -0.870. The average Bonchev–Trinajstić information content (AvgIpc) is 2.22. The first-order valence-corrected chi connectivity index (χ1v) is 6.43. The molecule has 88 valence electrons. The second-order valence-corrected chi connectivity index (χ2v) is 4.69. The molecular formula is C12H19N3S. The van der Waals surface area contributed by atoms with Gasteiger partial charge >= 0.3 is 0 Å². The predicted octanol–water partition coefficient (Wildman–Crippen LogP) is 2.35. The Morgan fingerprint density at radius 1 is 1.38 bits per heavy atom. The second-order valence-electron chi connectivity index (χ2n) is 3.75. The third-order valence-corrected chi connectivity index (χ3v) is 2.99. The highest BCUT2D eigenvalue weighted by Gasteiger charge is 2.01. The van der Waals surface area contributed by atoms with E-state index < -0.39 is 0 Å². The van der Waals surface area contributed by atoms with Crippen LogP contribution in [0.3, 0.4) is 0 Å². The molecule has 1 aromatic heterocycles. The van der Waals surface area contributed by atoms with Crippen molar-refractivity contribution in [2.24, 2.45) is 0 Å². The molecule has 0 unspecified atom stereocenters. The minimum Gasteiger partial charge on any atom is -0.313 e. The lowest BCUT2D eigenvalue weighted by molar-refractivity contribution is 0.778. The van der Waals surface area contributed by atoms with Gasteiger partial charge in [0, 0.05) is 23.7 Å². The molecule has 0 spiro atoms. The third-order valence-electron chi connectivity index (χ3n) is 1.99. The van der Waals surface area contributed by atoms with Crippen LogP contribution in [0.4, 0.5) is 0 Å². The predicted molar refractivity (Wildman–Crippen MR) is 69.9 cm³/mol. The Bertz CT molecular complexity index is 343. The van der Waals surface area contributed by atoms with Crippen molar-refractivity contribution in [1.29, 1.82) is 0 Å². The molecule has 0 aliphatic carbocycles. The lowest BCUT2D eigenvalue weighted by Crippen LogP contribution is -2.16. The van der Waals surface area contributed by atoms with E-state index in [1.807, 2.05) is 19.9 Å². The van der Waals surface area contributed by atoms with E-state index in [0.717, 1.165) is 35.4 Å². The molecule has 0 saturated carbocycles. The summed E-state index contributed by atoms with van der Waals surface area (Å²) in [6.45, 7) is 11.9. The molecule has 0 aliphatic heterocycles.